The first-order chi connectivity index (χ1) is 8.45. The maximum Gasteiger partial charge on any atom is 0.357 e. The maximum absolute atomic E-state index is 11.6. The number of anilines is 1. The Morgan fingerprint density at radius 3 is 2.72 bits per heavy atom. The zero-order valence-electron chi connectivity index (χ0n) is 10.5. The first-order valence-corrected chi connectivity index (χ1v) is 6.34. The Balaban J connectivity index is 2.85. The van der Waals surface area contributed by atoms with E-state index >= 15 is 0 Å². The molecule has 0 aromatic carbocycles. The molecule has 0 saturated heterocycles. The number of rotatable bonds is 6. The number of hydrogen-bond acceptors (Lipinski definition) is 6. The summed E-state index contributed by atoms with van der Waals surface area (Å²) in [6.45, 7) is 3.95. The average Bonchev–Trinajstić information content (AvgIpc) is 2.74. The number of carboxylic acid groups (broad SMARTS) is 1. The van der Waals surface area contributed by atoms with Gasteiger partial charge < -0.3 is 15.2 Å². The number of ether oxygens (including phenoxy) is 1. The van der Waals surface area contributed by atoms with Crippen LogP contribution in [0.25, 0.3) is 0 Å². The second kappa shape index (κ2) is 6.34. The monoisotopic (exact) mass is 272 g/mol. The SMILES string of the molecule is COC(=O)C(CC(C)C)Nc1scnc1C(=O)O. The molecule has 1 aromatic rings. The minimum absolute atomic E-state index is 0.0716. The third kappa shape index (κ3) is 3.69. The predicted molar refractivity (Wildman–Crippen MR) is 68.0 cm³/mol. The summed E-state index contributed by atoms with van der Waals surface area (Å²) >= 11 is 1.15. The summed E-state index contributed by atoms with van der Waals surface area (Å²) in [5.74, 6) is -1.25. The summed E-state index contributed by atoms with van der Waals surface area (Å²) in [6.07, 6.45) is 0.559. The highest BCUT2D eigenvalue weighted by molar-refractivity contribution is 7.14. The molecule has 0 saturated carbocycles. The highest BCUT2D eigenvalue weighted by atomic mass is 32.1. The zero-order chi connectivity index (χ0) is 13.7. The molecule has 0 aliphatic heterocycles. The lowest BCUT2D eigenvalue weighted by atomic mass is 10.0. The largest absolute Gasteiger partial charge is 0.476 e. The molecule has 1 aromatic heterocycles. The van der Waals surface area contributed by atoms with Crippen molar-refractivity contribution >= 4 is 28.3 Å². The molecule has 1 heterocycles. The Bertz CT molecular complexity index is 430. The molecule has 0 fully saturated rings. The molecular weight excluding hydrogens is 256 g/mol. The van der Waals surface area contributed by atoms with E-state index in [1.807, 2.05) is 13.8 Å². The van der Waals surface area contributed by atoms with Crippen LogP contribution in [0.3, 0.4) is 0 Å². The van der Waals surface area contributed by atoms with Crippen molar-refractivity contribution in [3.8, 4) is 0 Å². The molecule has 0 bridgehead atoms. The molecule has 0 amide bonds. The standard InChI is InChI=1S/C11H16N2O4S/c1-6(2)4-7(11(16)17-3)13-9-8(10(14)15)12-5-18-9/h5-7,13H,4H2,1-3H3,(H,14,15). The molecule has 7 heteroatoms. The van der Waals surface area contributed by atoms with Crippen molar-refractivity contribution in [3.05, 3.63) is 11.2 Å². The van der Waals surface area contributed by atoms with Crippen molar-refractivity contribution in [2.45, 2.75) is 26.3 Å². The number of aromatic carboxylic acids is 1. The van der Waals surface area contributed by atoms with E-state index in [1.54, 1.807) is 0 Å². The van der Waals surface area contributed by atoms with E-state index in [9.17, 15) is 9.59 Å². The van der Waals surface area contributed by atoms with Gasteiger partial charge in [-0.1, -0.05) is 13.8 Å². The molecular formula is C11H16N2O4S. The average molecular weight is 272 g/mol. The lowest BCUT2D eigenvalue weighted by Crippen LogP contribution is -2.32. The van der Waals surface area contributed by atoms with Crippen molar-refractivity contribution < 1.29 is 19.4 Å². The van der Waals surface area contributed by atoms with Crippen LogP contribution in [0.15, 0.2) is 5.51 Å². The number of methoxy groups -OCH3 is 1. The first-order valence-electron chi connectivity index (χ1n) is 5.46. The Morgan fingerprint density at radius 1 is 1.56 bits per heavy atom. The minimum atomic E-state index is -1.12. The normalized spacial score (nSPS) is 12.2. The van der Waals surface area contributed by atoms with Crippen LogP contribution in [0.5, 0.6) is 0 Å². The molecule has 1 rings (SSSR count). The Morgan fingerprint density at radius 2 is 2.22 bits per heavy atom. The highest BCUT2D eigenvalue weighted by Gasteiger charge is 2.23. The van der Waals surface area contributed by atoms with Crippen LogP contribution in [0.4, 0.5) is 5.00 Å². The number of thiazole rings is 1. The van der Waals surface area contributed by atoms with Crippen LogP contribution in [-0.2, 0) is 9.53 Å². The smallest absolute Gasteiger partial charge is 0.357 e. The van der Waals surface area contributed by atoms with Gasteiger partial charge in [0.05, 0.1) is 12.6 Å². The van der Waals surface area contributed by atoms with Gasteiger partial charge in [0.1, 0.15) is 11.0 Å². The van der Waals surface area contributed by atoms with Gasteiger partial charge in [0.15, 0.2) is 5.69 Å². The number of carbonyl (C=O) groups is 2. The molecule has 18 heavy (non-hydrogen) atoms. The lowest BCUT2D eigenvalue weighted by Gasteiger charge is -2.18. The summed E-state index contributed by atoms with van der Waals surface area (Å²) in [7, 11) is 1.31. The van der Waals surface area contributed by atoms with Crippen molar-refractivity contribution in [1.29, 1.82) is 0 Å². The fraction of sp³-hybridized carbons (Fsp3) is 0.545. The van der Waals surface area contributed by atoms with Crippen LogP contribution < -0.4 is 5.32 Å². The van der Waals surface area contributed by atoms with Gasteiger partial charge in [0.2, 0.25) is 0 Å². The van der Waals surface area contributed by atoms with Crippen molar-refractivity contribution in [2.75, 3.05) is 12.4 Å². The van der Waals surface area contributed by atoms with E-state index in [1.165, 1.54) is 12.6 Å². The van der Waals surface area contributed by atoms with Gasteiger partial charge in [0.25, 0.3) is 0 Å². The second-order valence-corrected chi connectivity index (χ2v) is 5.04. The van der Waals surface area contributed by atoms with Gasteiger partial charge in [-0.15, -0.1) is 11.3 Å². The van der Waals surface area contributed by atoms with Crippen molar-refractivity contribution in [1.82, 2.24) is 4.98 Å². The van der Waals surface area contributed by atoms with E-state index in [-0.39, 0.29) is 11.6 Å². The molecule has 0 aliphatic rings. The van der Waals surface area contributed by atoms with E-state index in [2.05, 4.69) is 10.3 Å². The van der Waals surface area contributed by atoms with Crippen LogP contribution in [0, 0.1) is 5.92 Å². The molecule has 1 atom stereocenters. The Kier molecular flexibility index (Phi) is 5.08. The maximum atomic E-state index is 11.6. The van der Waals surface area contributed by atoms with Crippen molar-refractivity contribution in [2.24, 2.45) is 5.92 Å². The number of nitrogens with one attached hydrogen (secondary N) is 1. The van der Waals surface area contributed by atoms with Crippen LogP contribution in [0.1, 0.15) is 30.8 Å². The summed E-state index contributed by atoms with van der Waals surface area (Å²) < 4.78 is 4.70. The van der Waals surface area contributed by atoms with E-state index < -0.39 is 18.0 Å². The van der Waals surface area contributed by atoms with E-state index in [4.69, 9.17) is 9.84 Å². The molecule has 0 spiro atoms. The van der Waals surface area contributed by atoms with E-state index in [0.717, 1.165) is 11.3 Å². The quantitative estimate of drug-likeness (QED) is 0.768. The fourth-order valence-corrected chi connectivity index (χ4v) is 2.21. The number of esters is 1. The van der Waals surface area contributed by atoms with Crippen LogP contribution in [0.2, 0.25) is 0 Å². The number of nitrogens with zero attached hydrogens (tertiary/aromatic N) is 1. The van der Waals surface area contributed by atoms with Gasteiger partial charge in [-0.3, -0.25) is 0 Å². The third-order valence-electron chi connectivity index (χ3n) is 2.27. The summed E-state index contributed by atoms with van der Waals surface area (Å²) in [5, 5.41) is 12.2. The molecule has 0 aliphatic carbocycles. The molecule has 2 N–H and O–H groups in total. The van der Waals surface area contributed by atoms with Gasteiger partial charge in [-0.25, -0.2) is 14.6 Å². The summed E-state index contributed by atoms with van der Waals surface area (Å²) in [5.41, 5.74) is 1.35. The minimum Gasteiger partial charge on any atom is -0.476 e. The molecule has 0 radical (unpaired) electrons. The Hall–Kier alpha value is -1.63. The summed E-state index contributed by atoms with van der Waals surface area (Å²) in [6, 6.07) is -0.562. The number of carboxylic acids is 1. The lowest BCUT2D eigenvalue weighted by molar-refractivity contribution is -0.141. The van der Waals surface area contributed by atoms with Crippen LogP contribution >= 0.6 is 11.3 Å². The first kappa shape index (κ1) is 14.4. The topological polar surface area (TPSA) is 88.5 Å². The predicted octanol–water partition coefficient (Wildman–Crippen LogP) is 1.84. The summed E-state index contributed by atoms with van der Waals surface area (Å²) in [4.78, 5) is 26.3. The molecule has 100 valence electrons. The van der Waals surface area contributed by atoms with E-state index in [0.29, 0.717) is 11.4 Å². The van der Waals surface area contributed by atoms with Gasteiger partial charge in [-0.2, -0.15) is 0 Å². The zero-order valence-corrected chi connectivity index (χ0v) is 11.3. The van der Waals surface area contributed by atoms with Crippen LogP contribution in [-0.4, -0.2) is 35.2 Å². The van der Waals surface area contributed by atoms with Gasteiger partial charge >= 0.3 is 11.9 Å². The number of hydrogen-bond donors (Lipinski definition) is 2. The number of aromatic nitrogens is 1. The van der Waals surface area contributed by atoms with Crippen molar-refractivity contribution in [3.63, 3.8) is 0 Å². The number of carbonyl (C=O) groups excluding carboxylic acids is 1. The third-order valence-corrected chi connectivity index (χ3v) is 3.03. The molecule has 6 nitrogen and oxygen atoms in total. The molecule has 1 unspecified atom stereocenters. The van der Waals surface area contributed by atoms with Gasteiger partial charge in [-0.05, 0) is 12.3 Å². The Labute approximate surface area is 109 Å². The van der Waals surface area contributed by atoms with Gasteiger partial charge in [0, 0.05) is 0 Å². The second-order valence-electron chi connectivity index (χ2n) is 4.18. The highest BCUT2D eigenvalue weighted by Crippen LogP contribution is 2.23. The fourth-order valence-electron chi connectivity index (χ4n) is 1.49.